The van der Waals surface area contributed by atoms with E-state index >= 15 is 0 Å². The molecule has 2 heterocycles. The molecular formula is C11H15N5. The summed E-state index contributed by atoms with van der Waals surface area (Å²) in [5, 5.41) is 4.38. The van der Waals surface area contributed by atoms with Crippen molar-refractivity contribution in [1.82, 2.24) is 19.7 Å². The number of nitrogens with zero attached hydrogens (tertiary/aromatic N) is 4. The van der Waals surface area contributed by atoms with Gasteiger partial charge in [-0.05, 0) is 31.5 Å². The quantitative estimate of drug-likeness (QED) is 0.761. The molecule has 0 aliphatic rings. The Morgan fingerprint density at radius 1 is 1.31 bits per heavy atom. The first-order chi connectivity index (χ1) is 7.90. The number of nitrogens with two attached hydrogens (primary N) is 1. The van der Waals surface area contributed by atoms with Gasteiger partial charge in [0.2, 0.25) is 0 Å². The third-order valence-electron chi connectivity index (χ3n) is 2.30. The lowest BCUT2D eigenvalue weighted by Crippen LogP contribution is -2.03. The van der Waals surface area contributed by atoms with E-state index < -0.39 is 0 Å². The van der Waals surface area contributed by atoms with Crippen LogP contribution in [-0.4, -0.2) is 26.3 Å². The summed E-state index contributed by atoms with van der Waals surface area (Å²) in [6, 6.07) is 3.83. The van der Waals surface area contributed by atoms with Crippen LogP contribution in [0, 0.1) is 0 Å². The van der Waals surface area contributed by atoms with Crippen LogP contribution in [-0.2, 0) is 6.54 Å². The van der Waals surface area contributed by atoms with E-state index in [0.717, 1.165) is 37.3 Å². The Hall–Kier alpha value is -1.75. The van der Waals surface area contributed by atoms with Crippen molar-refractivity contribution in [2.75, 3.05) is 6.54 Å². The van der Waals surface area contributed by atoms with Crippen molar-refractivity contribution in [1.29, 1.82) is 0 Å². The van der Waals surface area contributed by atoms with Gasteiger partial charge in [-0.3, -0.25) is 9.67 Å². The molecule has 0 saturated carbocycles. The van der Waals surface area contributed by atoms with Crippen molar-refractivity contribution in [2.24, 2.45) is 5.73 Å². The standard InChI is InChI=1S/C11H15N5/c12-5-1-2-7-16-9-14-11(15-16)10-4-3-6-13-8-10/h3-4,6,8-9H,1-2,5,7,12H2. The summed E-state index contributed by atoms with van der Waals surface area (Å²) in [5.74, 6) is 0.723. The Kier molecular flexibility index (Phi) is 3.61. The summed E-state index contributed by atoms with van der Waals surface area (Å²) in [7, 11) is 0. The van der Waals surface area contributed by atoms with Gasteiger partial charge in [-0.2, -0.15) is 5.10 Å². The summed E-state index contributed by atoms with van der Waals surface area (Å²) in [6.07, 6.45) is 7.30. The Labute approximate surface area is 94.3 Å². The molecule has 5 nitrogen and oxygen atoms in total. The molecule has 0 unspecified atom stereocenters. The van der Waals surface area contributed by atoms with E-state index in [1.54, 1.807) is 18.7 Å². The second-order valence-electron chi connectivity index (χ2n) is 3.57. The molecule has 0 spiro atoms. The van der Waals surface area contributed by atoms with Gasteiger partial charge >= 0.3 is 0 Å². The van der Waals surface area contributed by atoms with Crippen LogP contribution in [0.1, 0.15) is 12.8 Å². The van der Waals surface area contributed by atoms with Crippen LogP contribution in [0.15, 0.2) is 30.9 Å². The number of hydrogen-bond acceptors (Lipinski definition) is 4. The Bertz CT molecular complexity index is 423. The fraction of sp³-hybridized carbons (Fsp3) is 0.364. The Morgan fingerprint density at radius 3 is 3.00 bits per heavy atom. The van der Waals surface area contributed by atoms with Crippen LogP contribution in [0.4, 0.5) is 0 Å². The zero-order chi connectivity index (χ0) is 11.2. The van der Waals surface area contributed by atoms with Crippen molar-refractivity contribution >= 4 is 0 Å². The molecule has 0 amide bonds. The summed E-state index contributed by atoms with van der Waals surface area (Å²) < 4.78 is 1.85. The van der Waals surface area contributed by atoms with Gasteiger partial charge in [-0.25, -0.2) is 4.98 Å². The number of rotatable bonds is 5. The van der Waals surface area contributed by atoms with Crippen LogP contribution in [0.5, 0.6) is 0 Å². The third kappa shape index (κ3) is 2.64. The molecule has 0 bridgehead atoms. The molecule has 0 atom stereocenters. The van der Waals surface area contributed by atoms with Crippen LogP contribution in [0.3, 0.4) is 0 Å². The highest BCUT2D eigenvalue weighted by atomic mass is 15.3. The topological polar surface area (TPSA) is 69.6 Å². The van der Waals surface area contributed by atoms with Gasteiger partial charge in [-0.1, -0.05) is 0 Å². The predicted octanol–water partition coefficient (Wildman–Crippen LogP) is 1.08. The largest absolute Gasteiger partial charge is 0.330 e. The summed E-state index contributed by atoms with van der Waals surface area (Å²) in [4.78, 5) is 8.29. The molecule has 2 aromatic heterocycles. The van der Waals surface area contributed by atoms with E-state index in [1.165, 1.54) is 0 Å². The summed E-state index contributed by atoms with van der Waals surface area (Å²) in [5.41, 5.74) is 6.38. The van der Waals surface area contributed by atoms with Crippen LogP contribution < -0.4 is 5.73 Å². The number of aromatic nitrogens is 4. The lowest BCUT2D eigenvalue weighted by Gasteiger charge is -1.98. The second kappa shape index (κ2) is 5.37. The molecule has 84 valence electrons. The van der Waals surface area contributed by atoms with Crippen molar-refractivity contribution in [3.05, 3.63) is 30.9 Å². The van der Waals surface area contributed by atoms with E-state index in [1.807, 2.05) is 16.8 Å². The van der Waals surface area contributed by atoms with E-state index in [0.29, 0.717) is 0 Å². The molecule has 2 aromatic rings. The summed E-state index contributed by atoms with van der Waals surface area (Å²) >= 11 is 0. The van der Waals surface area contributed by atoms with E-state index in [9.17, 15) is 0 Å². The molecular weight excluding hydrogens is 202 g/mol. The minimum Gasteiger partial charge on any atom is -0.330 e. The van der Waals surface area contributed by atoms with Crippen LogP contribution >= 0.6 is 0 Å². The van der Waals surface area contributed by atoms with Gasteiger partial charge in [0, 0.05) is 24.5 Å². The average Bonchev–Trinajstić information content (AvgIpc) is 2.79. The predicted molar refractivity (Wildman–Crippen MR) is 61.5 cm³/mol. The van der Waals surface area contributed by atoms with Crippen LogP contribution in [0.25, 0.3) is 11.4 Å². The van der Waals surface area contributed by atoms with Gasteiger partial charge in [0.1, 0.15) is 6.33 Å². The van der Waals surface area contributed by atoms with Crippen molar-refractivity contribution < 1.29 is 0 Å². The van der Waals surface area contributed by atoms with Gasteiger partial charge in [0.15, 0.2) is 5.82 Å². The van der Waals surface area contributed by atoms with E-state index in [-0.39, 0.29) is 0 Å². The Morgan fingerprint density at radius 2 is 2.25 bits per heavy atom. The first kappa shape index (κ1) is 10.8. The average molecular weight is 217 g/mol. The molecule has 5 heteroatoms. The number of pyridine rings is 1. The lowest BCUT2D eigenvalue weighted by atomic mass is 10.3. The number of unbranched alkanes of at least 4 members (excludes halogenated alkanes) is 1. The van der Waals surface area contributed by atoms with E-state index in [2.05, 4.69) is 15.1 Å². The molecule has 2 rings (SSSR count). The molecule has 0 aliphatic heterocycles. The second-order valence-corrected chi connectivity index (χ2v) is 3.57. The smallest absolute Gasteiger partial charge is 0.182 e. The van der Waals surface area contributed by atoms with Gasteiger partial charge in [0.05, 0.1) is 0 Å². The fourth-order valence-corrected chi connectivity index (χ4v) is 1.45. The maximum absolute atomic E-state index is 5.44. The Balaban J connectivity index is 2.02. The van der Waals surface area contributed by atoms with E-state index in [4.69, 9.17) is 5.73 Å². The van der Waals surface area contributed by atoms with Crippen LogP contribution in [0.2, 0.25) is 0 Å². The number of aryl methyl sites for hydroxylation is 1. The molecule has 0 saturated heterocycles. The highest BCUT2D eigenvalue weighted by Gasteiger charge is 2.03. The molecule has 2 N–H and O–H groups in total. The third-order valence-corrected chi connectivity index (χ3v) is 2.30. The molecule has 0 radical (unpaired) electrons. The molecule has 16 heavy (non-hydrogen) atoms. The van der Waals surface area contributed by atoms with Gasteiger partial charge in [0.25, 0.3) is 0 Å². The minimum atomic E-state index is 0.723. The summed E-state index contributed by atoms with van der Waals surface area (Å²) in [6.45, 7) is 1.59. The first-order valence-electron chi connectivity index (χ1n) is 5.40. The lowest BCUT2D eigenvalue weighted by molar-refractivity contribution is 0.561. The number of hydrogen-bond donors (Lipinski definition) is 1. The SMILES string of the molecule is NCCCCn1cnc(-c2cccnc2)n1. The molecule has 0 aliphatic carbocycles. The maximum Gasteiger partial charge on any atom is 0.182 e. The van der Waals surface area contributed by atoms with Gasteiger partial charge < -0.3 is 5.73 Å². The molecule has 0 fully saturated rings. The maximum atomic E-state index is 5.44. The zero-order valence-corrected chi connectivity index (χ0v) is 9.08. The van der Waals surface area contributed by atoms with Gasteiger partial charge in [-0.15, -0.1) is 0 Å². The van der Waals surface area contributed by atoms with Crippen molar-refractivity contribution in [2.45, 2.75) is 19.4 Å². The highest BCUT2D eigenvalue weighted by molar-refractivity contribution is 5.51. The first-order valence-corrected chi connectivity index (χ1v) is 5.40. The van der Waals surface area contributed by atoms with Crippen molar-refractivity contribution in [3.63, 3.8) is 0 Å². The zero-order valence-electron chi connectivity index (χ0n) is 9.08. The monoisotopic (exact) mass is 217 g/mol. The normalized spacial score (nSPS) is 10.6. The fourth-order valence-electron chi connectivity index (χ4n) is 1.45. The highest BCUT2D eigenvalue weighted by Crippen LogP contribution is 2.11. The minimum absolute atomic E-state index is 0.723. The van der Waals surface area contributed by atoms with Crippen molar-refractivity contribution in [3.8, 4) is 11.4 Å². The molecule has 0 aromatic carbocycles.